The van der Waals surface area contributed by atoms with Crippen molar-refractivity contribution in [2.45, 2.75) is 5.03 Å². The fourth-order valence-corrected chi connectivity index (χ4v) is 2.53. The summed E-state index contributed by atoms with van der Waals surface area (Å²) < 4.78 is 9.47. The third-order valence-electron chi connectivity index (χ3n) is 1.49. The number of hydrogen-bond acceptors (Lipinski definition) is 6. The van der Waals surface area contributed by atoms with Crippen molar-refractivity contribution in [2.75, 3.05) is 19.0 Å². The van der Waals surface area contributed by atoms with E-state index in [0.717, 1.165) is 5.03 Å². The van der Waals surface area contributed by atoms with Crippen LogP contribution < -0.4 is 0 Å². The molecule has 1 aromatic heterocycles. The second-order valence-electron chi connectivity index (χ2n) is 2.77. The van der Waals surface area contributed by atoms with Crippen LogP contribution in [0.4, 0.5) is 4.79 Å². The Morgan fingerprint density at radius 3 is 3.06 bits per heavy atom. The Morgan fingerprint density at radius 1 is 1.47 bits per heavy atom. The van der Waals surface area contributed by atoms with E-state index in [1.807, 2.05) is 18.2 Å². The molecule has 0 radical (unpaired) electrons. The Balaban J connectivity index is 2.01. The van der Waals surface area contributed by atoms with E-state index in [-0.39, 0.29) is 6.61 Å². The van der Waals surface area contributed by atoms with Gasteiger partial charge in [0.2, 0.25) is 0 Å². The van der Waals surface area contributed by atoms with Crippen molar-refractivity contribution in [3.05, 3.63) is 37.1 Å². The van der Waals surface area contributed by atoms with Crippen molar-refractivity contribution in [2.24, 2.45) is 0 Å². The van der Waals surface area contributed by atoms with E-state index in [9.17, 15) is 4.79 Å². The predicted molar refractivity (Wildman–Crippen MR) is 70.0 cm³/mol. The summed E-state index contributed by atoms with van der Waals surface area (Å²) >= 11 is 0. The van der Waals surface area contributed by atoms with Crippen LogP contribution in [0.1, 0.15) is 0 Å². The van der Waals surface area contributed by atoms with E-state index in [4.69, 9.17) is 4.74 Å². The maximum atomic E-state index is 10.9. The molecule has 0 amide bonds. The SMILES string of the molecule is C=CCOC(=O)OCCSSc1ccccn1. The van der Waals surface area contributed by atoms with Gasteiger partial charge in [-0.15, -0.1) is 0 Å². The third kappa shape index (κ3) is 6.91. The van der Waals surface area contributed by atoms with Crippen molar-refractivity contribution in [1.29, 1.82) is 0 Å². The molecule has 0 saturated carbocycles. The molecule has 6 heteroatoms. The average Bonchev–Trinajstić information content (AvgIpc) is 2.37. The molecule has 0 atom stereocenters. The molecule has 1 aromatic rings. The minimum Gasteiger partial charge on any atom is -0.433 e. The number of rotatable bonds is 7. The lowest BCUT2D eigenvalue weighted by atomic mass is 10.5. The van der Waals surface area contributed by atoms with Gasteiger partial charge in [-0.1, -0.05) is 29.5 Å². The number of nitrogens with zero attached hydrogens (tertiary/aromatic N) is 1. The Morgan fingerprint density at radius 2 is 2.35 bits per heavy atom. The van der Waals surface area contributed by atoms with Gasteiger partial charge in [0, 0.05) is 11.9 Å². The Bertz CT molecular complexity index is 346. The average molecular weight is 271 g/mol. The highest BCUT2D eigenvalue weighted by Gasteiger charge is 2.02. The second-order valence-corrected chi connectivity index (χ2v) is 5.21. The Labute approximate surface area is 108 Å². The molecule has 0 aromatic carbocycles. The maximum absolute atomic E-state index is 10.9. The van der Waals surface area contributed by atoms with Crippen LogP contribution in [0.15, 0.2) is 42.1 Å². The highest BCUT2D eigenvalue weighted by Crippen LogP contribution is 2.28. The molecule has 4 nitrogen and oxygen atoms in total. The molecule has 0 saturated heterocycles. The van der Waals surface area contributed by atoms with Crippen LogP contribution in [-0.2, 0) is 9.47 Å². The van der Waals surface area contributed by atoms with E-state index < -0.39 is 6.16 Å². The van der Waals surface area contributed by atoms with Crippen LogP contribution in [0.5, 0.6) is 0 Å². The van der Waals surface area contributed by atoms with Crippen LogP contribution in [-0.4, -0.2) is 30.1 Å². The first kappa shape index (κ1) is 13.9. The van der Waals surface area contributed by atoms with Crippen LogP contribution in [0.25, 0.3) is 0 Å². The standard InChI is InChI=1S/C11H13NO3S2/c1-2-7-14-11(13)15-8-9-16-17-10-5-3-4-6-12-10/h2-6H,1,7-9H2. The summed E-state index contributed by atoms with van der Waals surface area (Å²) in [7, 11) is 3.12. The lowest BCUT2D eigenvalue weighted by molar-refractivity contribution is 0.0682. The van der Waals surface area contributed by atoms with Gasteiger partial charge >= 0.3 is 6.16 Å². The van der Waals surface area contributed by atoms with Crippen LogP contribution in [0.3, 0.4) is 0 Å². The summed E-state index contributed by atoms with van der Waals surface area (Å²) in [5, 5.41) is 0.937. The minimum atomic E-state index is -0.659. The molecule has 0 fully saturated rings. The summed E-state index contributed by atoms with van der Waals surface area (Å²) in [6.45, 7) is 3.92. The van der Waals surface area contributed by atoms with Crippen molar-refractivity contribution in [3.8, 4) is 0 Å². The largest absolute Gasteiger partial charge is 0.508 e. The van der Waals surface area contributed by atoms with Gasteiger partial charge in [0.1, 0.15) is 18.2 Å². The lowest BCUT2D eigenvalue weighted by Gasteiger charge is -2.03. The fraction of sp³-hybridized carbons (Fsp3) is 0.273. The van der Waals surface area contributed by atoms with E-state index in [0.29, 0.717) is 12.4 Å². The molecular formula is C11H13NO3S2. The van der Waals surface area contributed by atoms with E-state index in [1.165, 1.54) is 6.08 Å². The molecule has 1 heterocycles. The molecule has 0 spiro atoms. The van der Waals surface area contributed by atoms with Crippen molar-refractivity contribution >= 4 is 27.7 Å². The van der Waals surface area contributed by atoms with Gasteiger partial charge in [-0.2, -0.15) is 0 Å². The minimum absolute atomic E-state index is 0.175. The number of pyridine rings is 1. The first-order valence-electron chi connectivity index (χ1n) is 4.94. The molecule has 0 bridgehead atoms. The smallest absolute Gasteiger partial charge is 0.433 e. The first-order chi connectivity index (χ1) is 8.33. The van der Waals surface area contributed by atoms with E-state index >= 15 is 0 Å². The summed E-state index contributed by atoms with van der Waals surface area (Å²) in [5.74, 6) is 0.685. The van der Waals surface area contributed by atoms with Crippen LogP contribution in [0, 0.1) is 0 Å². The zero-order valence-electron chi connectivity index (χ0n) is 9.20. The van der Waals surface area contributed by atoms with E-state index in [1.54, 1.807) is 27.8 Å². The van der Waals surface area contributed by atoms with Gasteiger partial charge in [0.25, 0.3) is 0 Å². The quantitative estimate of drug-likeness (QED) is 0.328. The summed E-state index contributed by atoms with van der Waals surface area (Å²) in [6, 6.07) is 5.73. The highest BCUT2D eigenvalue weighted by atomic mass is 33.1. The van der Waals surface area contributed by atoms with Crippen molar-refractivity contribution in [1.82, 2.24) is 4.98 Å². The van der Waals surface area contributed by atoms with Gasteiger partial charge in [-0.3, -0.25) is 0 Å². The van der Waals surface area contributed by atoms with Crippen LogP contribution in [0.2, 0.25) is 0 Å². The summed E-state index contributed by atoms with van der Waals surface area (Å²) in [4.78, 5) is 15.1. The number of carbonyl (C=O) groups excluding carboxylic acids is 1. The Kier molecular flexibility index (Phi) is 7.33. The summed E-state index contributed by atoms with van der Waals surface area (Å²) in [5.41, 5.74) is 0. The molecule has 0 N–H and O–H groups in total. The molecule has 1 rings (SSSR count). The molecule has 17 heavy (non-hydrogen) atoms. The van der Waals surface area contributed by atoms with Gasteiger partial charge in [0.05, 0.1) is 0 Å². The number of aromatic nitrogens is 1. The van der Waals surface area contributed by atoms with Gasteiger partial charge in [0.15, 0.2) is 0 Å². The number of ether oxygens (including phenoxy) is 2. The summed E-state index contributed by atoms with van der Waals surface area (Å²) in [6.07, 6.45) is 2.58. The molecule has 92 valence electrons. The zero-order valence-corrected chi connectivity index (χ0v) is 10.8. The van der Waals surface area contributed by atoms with Crippen molar-refractivity contribution < 1.29 is 14.3 Å². The fourth-order valence-electron chi connectivity index (χ4n) is 0.826. The van der Waals surface area contributed by atoms with Gasteiger partial charge in [-0.05, 0) is 22.9 Å². The third-order valence-corrected chi connectivity index (χ3v) is 3.72. The Hall–Kier alpha value is -1.14. The first-order valence-corrected chi connectivity index (χ1v) is 7.26. The normalized spacial score (nSPS) is 9.65. The van der Waals surface area contributed by atoms with Crippen LogP contribution >= 0.6 is 21.6 Å². The van der Waals surface area contributed by atoms with Gasteiger partial charge in [-0.25, -0.2) is 9.78 Å². The van der Waals surface area contributed by atoms with Crippen molar-refractivity contribution in [3.63, 3.8) is 0 Å². The number of hydrogen-bond donors (Lipinski definition) is 0. The molecule has 0 aliphatic rings. The molecule has 0 aliphatic carbocycles. The monoisotopic (exact) mass is 271 g/mol. The van der Waals surface area contributed by atoms with E-state index in [2.05, 4.69) is 16.3 Å². The lowest BCUT2D eigenvalue weighted by Crippen LogP contribution is -2.09. The highest BCUT2D eigenvalue weighted by molar-refractivity contribution is 8.76. The number of carbonyl (C=O) groups is 1. The molecule has 0 aliphatic heterocycles. The maximum Gasteiger partial charge on any atom is 0.508 e. The molecule has 0 unspecified atom stereocenters. The topological polar surface area (TPSA) is 48.4 Å². The van der Waals surface area contributed by atoms with Gasteiger partial charge < -0.3 is 9.47 Å². The predicted octanol–water partition coefficient (Wildman–Crippen LogP) is 3.16. The second kappa shape index (κ2) is 8.95. The molecular weight excluding hydrogens is 258 g/mol. The zero-order chi connectivity index (χ0) is 12.3.